The van der Waals surface area contributed by atoms with Gasteiger partial charge >= 0.3 is 0 Å². The molecular weight excluding hydrogens is 268 g/mol. The molecule has 0 aliphatic carbocycles. The van der Waals surface area contributed by atoms with Crippen LogP contribution in [-0.4, -0.2) is 30.0 Å². The van der Waals surface area contributed by atoms with Gasteiger partial charge in [0.1, 0.15) is 4.90 Å². The van der Waals surface area contributed by atoms with Crippen molar-refractivity contribution in [2.45, 2.75) is 37.1 Å². The van der Waals surface area contributed by atoms with Gasteiger partial charge in [0.15, 0.2) is 5.84 Å². The van der Waals surface area contributed by atoms with Crippen LogP contribution in [0.3, 0.4) is 0 Å². The Morgan fingerprint density at radius 3 is 2.58 bits per heavy atom. The second-order valence-corrected chi connectivity index (χ2v) is 5.75. The number of rotatable bonds is 6. The molecule has 0 aliphatic heterocycles. The second-order valence-electron chi connectivity index (χ2n) is 4.07. The number of hydrogen-bond donors (Lipinski definition) is 3. The Morgan fingerprint density at radius 2 is 2.16 bits per heavy atom. The maximum absolute atomic E-state index is 12.2. The first kappa shape index (κ1) is 15.4. The van der Waals surface area contributed by atoms with Crippen molar-refractivity contribution >= 4 is 15.9 Å². The maximum atomic E-state index is 12.2. The molecule has 1 heterocycles. The van der Waals surface area contributed by atoms with Crippen molar-refractivity contribution in [3.63, 3.8) is 0 Å². The van der Waals surface area contributed by atoms with E-state index in [1.807, 2.05) is 0 Å². The van der Waals surface area contributed by atoms with E-state index >= 15 is 0 Å². The van der Waals surface area contributed by atoms with E-state index in [0.717, 1.165) is 0 Å². The molecule has 1 aromatic heterocycles. The lowest BCUT2D eigenvalue weighted by molar-refractivity contribution is 0.307. The van der Waals surface area contributed by atoms with E-state index in [2.05, 4.69) is 14.9 Å². The lowest BCUT2D eigenvalue weighted by Gasteiger charge is -2.30. The normalized spacial score (nSPS) is 13.5. The molecule has 0 amide bonds. The van der Waals surface area contributed by atoms with Crippen LogP contribution in [0, 0.1) is 0 Å². The van der Waals surface area contributed by atoms with Crippen LogP contribution in [0.1, 0.15) is 26.7 Å². The zero-order valence-corrected chi connectivity index (χ0v) is 11.7. The number of hydrogen-bond acceptors (Lipinski definition) is 5. The molecule has 0 aliphatic rings. The van der Waals surface area contributed by atoms with Crippen molar-refractivity contribution in [2.75, 3.05) is 0 Å². The minimum atomic E-state index is -3.78. The summed E-state index contributed by atoms with van der Waals surface area (Å²) < 4.78 is 27.0. The first-order valence-corrected chi connectivity index (χ1v) is 7.32. The standard InChI is InChI=1S/C11H18N4O3S/c1-3-11(4-2,10(12)14-16)15-19(17,18)9-6-5-7-13-8-9/h5-8,15-16H,3-4H2,1-2H3,(H2,12,14). The monoisotopic (exact) mass is 286 g/mol. The molecule has 1 aromatic rings. The van der Waals surface area contributed by atoms with Crippen LogP contribution in [0.5, 0.6) is 0 Å². The van der Waals surface area contributed by atoms with Crippen molar-refractivity contribution in [1.29, 1.82) is 0 Å². The summed E-state index contributed by atoms with van der Waals surface area (Å²) in [5.74, 6) is -0.162. The molecule has 0 spiro atoms. The quantitative estimate of drug-likeness (QED) is 0.307. The van der Waals surface area contributed by atoms with Gasteiger partial charge in [-0.05, 0) is 25.0 Å². The average Bonchev–Trinajstić information content (AvgIpc) is 2.45. The summed E-state index contributed by atoms with van der Waals surface area (Å²) in [7, 11) is -3.78. The van der Waals surface area contributed by atoms with Gasteiger partial charge in [0.2, 0.25) is 10.0 Å². The van der Waals surface area contributed by atoms with E-state index in [4.69, 9.17) is 10.9 Å². The number of aromatic nitrogens is 1. The highest BCUT2D eigenvalue weighted by Gasteiger charge is 2.36. The minimum Gasteiger partial charge on any atom is -0.409 e. The molecule has 0 fully saturated rings. The molecule has 106 valence electrons. The van der Waals surface area contributed by atoms with Gasteiger partial charge in [-0.1, -0.05) is 19.0 Å². The van der Waals surface area contributed by atoms with Crippen molar-refractivity contribution in [3.05, 3.63) is 24.5 Å². The molecule has 0 saturated heterocycles. The molecular formula is C11H18N4O3S. The Kier molecular flexibility index (Phi) is 4.84. The third-order valence-corrected chi connectivity index (χ3v) is 4.60. The third kappa shape index (κ3) is 3.21. The summed E-state index contributed by atoms with van der Waals surface area (Å²) in [5.41, 5.74) is 4.51. The van der Waals surface area contributed by atoms with E-state index in [9.17, 15) is 8.42 Å². The van der Waals surface area contributed by atoms with E-state index < -0.39 is 15.6 Å². The second kappa shape index (κ2) is 5.98. The summed E-state index contributed by atoms with van der Waals surface area (Å²) in [6.45, 7) is 3.51. The first-order chi connectivity index (χ1) is 8.91. The number of amidine groups is 1. The van der Waals surface area contributed by atoms with Gasteiger partial charge in [0, 0.05) is 12.4 Å². The van der Waals surface area contributed by atoms with Gasteiger partial charge < -0.3 is 10.9 Å². The Morgan fingerprint density at radius 1 is 1.53 bits per heavy atom. The van der Waals surface area contributed by atoms with Crippen molar-refractivity contribution < 1.29 is 13.6 Å². The van der Waals surface area contributed by atoms with Crippen LogP contribution in [0.15, 0.2) is 34.6 Å². The summed E-state index contributed by atoms with van der Waals surface area (Å²) >= 11 is 0. The van der Waals surface area contributed by atoms with E-state index in [1.54, 1.807) is 13.8 Å². The highest BCUT2D eigenvalue weighted by atomic mass is 32.2. The number of sulfonamides is 1. The number of pyridine rings is 1. The maximum Gasteiger partial charge on any atom is 0.243 e. The van der Waals surface area contributed by atoms with Crippen molar-refractivity contribution in [2.24, 2.45) is 10.9 Å². The highest BCUT2D eigenvalue weighted by molar-refractivity contribution is 7.89. The van der Waals surface area contributed by atoms with Crippen LogP contribution in [0.25, 0.3) is 0 Å². The van der Waals surface area contributed by atoms with E-state index in [1.165, 1.54) is 24.5 Å². The van der Waals surface area contributed by atoms with Gasteiger partial charge in [-0.2, -0.15) is 4.72 Å². The Bertz CT molecular complexity index is 538. The summed E-state index contributed by atoms with van der Waals surface area (Å²) in [4.78, 5) is 3.80. The van der Waals surface area contributed by atoms with Crippen LogP contribution < -0.4 is 10.5 Å². The molecule has 0 atom stereocenters. The zero-order valence-electron chi connectivity index (χ0n) is 10.9. The third-order valence-electron chi connectivity index (χ3n) is 3.08. The molecule has 19 heavy (non-hydrogen) atoms. The highest BCUT2D eigenvalue weighted by Crippen LogP contribution is 2.19. The fraction of sp³-hybridized carbons (Fsp3) is 0.455. The number of nitrogens with zero attached hydrogens (tertiary/aromatic N) is 2. The SMILES string of the molecule is CCC(CC)(NS(=O)(=O)c1cccnc1)/C(N)=N/O. The van der Waals surface area contributed by atoms with Crippen molar-refractivity contribution in [1.82, 2.24) is 9.71 Å². The van der Waals surface area contributed by atoms with Gasteiger partial charge in [0.05, 0.1) is 5.54 Å². The Labute approximate surface area is 112 Å². The van der Waals surface area contributed by atoms with E-state index in [-0.39, 0.29) is 10.7 Å². The lowest BCUT2D eigenvalue weighted by Crippen LogP contribution is -2.56. The molecule has 1 rings (SSSR count). The van der Waals surface area contributed by atoms with Gasteiger partial charge in [0.25, 0.3) is 0 Å². The lowest BCUT2D eigenvalue weighted by atomic mass is 9.93. The Balaban J connectivity index is 3.18. The molecule has 7 nitrogen and oxygen atoms in total. The number of nitrogens with one attached hydrogen (secondary N) is 1. The fourth-order valence-corrected chi connectivity index (χ4v) is 3.21. The number of oxime groups is 1. The first-order valence-electron chi connectivity index (χ1n) is 5.84. The van der Waals surface area contributed by atoms with Gasteiger partial charge in [-0.3, -0.25) is 4.98 Å². The molecule has 4 N–H and O–H groups in total. The minimum absolute atomic E-state index is 0.0343. The molecule has 0 aromatic carbocycles. The van der Waals surface area contributed by atoms with Crippen LogP contribution in [0.2, 0.25) is 0 Å². The fourth-order valence-electron chi connectivity index (χ4n) is 1.73. The van der Waals surface area contributed by atoms with Crippen LogP contribution >= 0.6 is 0 Å². The molecule has 0 saturated carbocycles. The average molecular weight is 286 g/mol. The summed E-state index contributed by atoms with van der Waals surface area (Å²) in [6.07, 6.45) is 3.44. The van der Waals surface area contributed by atoms with Crippen molar-refractivity contribution in [3.8, 4) is 0 Å². The summed E-state index contributed by atoms with van der Waals surface area (Å²) in [5, 5.41) is 11.7. The molecule has 0 unspecified atom stereocenters. The van der Waals surface area contributed by atoms with Gasteiger partial charge in [-0.15, -0.1) is 0 Å². The molecule has 0 radical (unpaired) electrons. The Hall–Kier alpha value is -1.67. The largest absolute Gasteiger partial charge is 0.409 e. The van der Waals surface area contributed by atoms with E-state index in [0.29, 0.717) is 12.8 Å². The van der Waals surface area contributed by atoms with Gasteiger partial charge in [-0.25, -0.2) is 8.42 Å². The summed E-state index contributed by atoms with van der Waals surface area (Å²) in [6, 6.07) is 2.95. The predicted molar refractivity (Wildman–Crippen MR) is 71.3 cm³/mol. The molecule has 8 heteroatoms. The number of nitrogens with two attached hydrogens (primary N) is 1. The predicted octanol–water partition coefficient (Wildman–Crippen LogP) is 0.665. The smallest absolute Gasteiger partial charge is 0.243 e. The molecule has 0 bridgehead atoms. The topological polar surface area (TPSA) is 118 Å². The zero-order chi connectivity index (χ0) is 14.5. The van der Waals surface area contributed by atoms with Crippen LogP contribution in [-0.2, 0) is 10.0 Å². The van der Waals surface area contributed by atoms with Crippen LogP contribution in [0.4, 0.5) is 0 Å².